The highest BCUT2D eigenvalue weighted by atomic mass is 19.1. The Morgan fingerprint density at radius 1 is 1.56 bits per heavy atom. The van der Waals surface area contributed by atoms with Crippen LogP contribution in [-0.2, 0) is 9.59 Å². The number of benzene rings is 1. The highest BCUT2D eigenvalue weighted by Crippen LogP contribution is 2.30. The molecule has 18 heavy (non-hydrogen) atoms. The fourth-order valence-electron chi connectivity index (χ4n) is 1.93. The van der Waals surface area contributed by atoms with Crippen molar-refractivity contribution < 1.29 is 23.8 Å². The second kappa shape index (κ2) is 4.64. The summed E-state index contributed by atoms with van der Waals surface area (Å²) < 4.78 is 18.6. The normalized spacial score (nSPS) is 19.1. The Labute approximate surface area is 103 Å². The third kappa shape index (κ3) is 2.13. The highest BCUT2D eigenvalue weighted by Gasteiger charge is 2.36. The van der Waals surface area contributed by atoms with E-state index in [0.29, 0.717) is 5.75 Å². The number of halogens is 1. The third-order valence-corrected chi connectivity index (χ3v) is 2.92. The van der Waals surface area contributed by atoms with Crippen molar-refractivity contribution in [2.75, 3.05) is 18.6 Å². The fourth-order valence-corrected chi connectivity index (χ4v) is 1.93. The van der Waals surface area contributed by atoms with E-state index in [4.69, 9.17) is 9.84 Å². The van der Waals surface area contributed by atoms with Crippen LogP contribution in [-0.4, -0.2) is 30.6 Å². The minimum absolute atomic E-state index is 0.0156. The van der Waals surface area contributed by atoms with Crippen molar-refractivity contribution in [2.24, 2.45) is 5.92 Å². The SMILES string of the molecule is COc1ccc(F)c(N2CC(C(=O)O)CC2=O)c1. The summed E-state index contributed by atoms with van der Waals surface area (Å²) >= 11 is 0. The van der Waals surface area contributed by atoms with Crippen LogP contribution in [0.5, 0.6) is 5.75 Å². The molecule has 0 aliphatic carbocycles. The average molecular weight is 253 g/mol. The zero-order valence-corrected chi connectivity index (χ0v) is 9.72. The van der Waals surface area contributed by atoms with Gasteiger partial charge in [0.15, 0.2) is 0 Å². The Morgan fingerprint density at radius 3 is 2.83 bits per heavy atom. The first kappa shape index (κ1) is 12.3. The Bertz CT molecular complexity index is 503. The van der Waals surface area contributed by atoms with Crippen LogP contribution in [0.1, 0.15) is 6.42 Å². The lowest BCUT2D eigenvalue weighted by Gasteiger charge is -2.17. The maximum absolute atomic E-state index is 13.7. The van der Waals surface area contributed by atoms with E-state index in [1.807, 2.05) is 0 Å². The number of carbonyl (C=O) groups excluding carboxylic acids is 1. The molecule has 1 aromatic carbocycles. The van der Waals surface area contributed by atoms with E-state index in [1.165, 1.54) is 25.3 Å². The first-order valence-electron chi connectivity index (χ1n) is 5.39. The maximum atomic E-state index is 13.7. The number of amides is 1. The van der Waals surface area contributed by atoms with Crippen LogP contribution in [0.25, 0.3) is 0 Å². The molecule has 6 heteroatoms. The molecule has 1 unspecified atom stereocenters. The summed E-state index contributed by atoms with van der Waals surface area (Å²) in [6.07, 6.45) is -0.105. The number of carboxylic acid groups (broad SMARTS) is 1. The lowest BCUT2D eigenvalue weighted by Crippen LogP contribution is -2.26. The summed E-state index contributed by atoms with van der Waals surface area (Å²) in [5, 5.41) is 8.87. The van der Waals surface area contributed by atoms with E-state index in [9.17, 15) is 14.0 Å². The van der Waals surface area contributed by atoms with Crippen LogP contribution in [0.3, 0.4) is 0 Å². The van der Waals surface area contributed by atoms with Crippen LogP contribution in [0.15, 0.2) is 18.2 Å². The van der Waals surface area contributed by atoms with Gasteiger partial charge in [0, 0.05) is 19.0 Å². The lowest BCUT2D eigenvalue weighted by molar-refractivity contribution is -0.141. The molecule has 1 aliphatic rings. The number of ether oxygens (including phenoxy) is 1. The molecule has 1 saturated heterocycles. The van der Waals surface area contributed by atoms with Crippen molar-refractivity contribution in [3.05, 3.63) is 24.0 Å². The molecule has 5 nitrogen and oxygen atoms in total. The number of carbonyl (C=O) groups is 2. The minimum Gasteiger partial charge on any atom is -0.497 e. The molecule has 0 radical (unpaired) electrons. The van der Waals surface area contributed by atoms with Crippen LogP contribution < -0.4 is 9.64 Å². The van der Waals surface area contributed by atoms with Gasteiger partial charge >= 0.3 is 5.97 Å². The number of nitrogens with zero attached hydrogens (tertiary/aromatic N) is 1. The Balaban J connectivity index is 2.32. The maximum Gasteiger partial charge on any atom is 0.308 e. The number of aliphatic carboxylic acids is 1. The van der Waals surface area contributed by atoms with Gasteiger partial charge in [-0.1, -0.05) is 0 Å². The molecular formula is C12H12FNO4. The van der Waals surface area contributed by atoms with Crippen molar-refractivity contribution in [1.82, 2.24) is 0 Å². The summed E-state index contributed by atoms with van der Waals surface area (Å²) in [5.74, 6) is -2.39. The van der Waals surface area contributed by atoms with Gasteiger partial charge in [0.05, 0.1) is 18.7 Å². The van der Waals surface area contributed by atoms with Gasteiger partial charge < -0.3 is 14.7 Å². The zero-order chi connectivity index (χ0) is 13.3. The molecule has 1 aliphatic heterocycles. The van der Waals surface area contributed by atoms with Crippen molar-refractivity contribution in [2.45, 2.75) is 6.42 Å². The largest absolute Gasteiger partial charge is 0.497 e. The van der Waals surface area contributed by atoms with Crippen LogP contribution >= 0.6 is 0 Å². The molecule has 1 fully saturated rings. The molecule has 0 bridgehead atoms. The molecule has 0 saturated carbocycles. The summed E-state index contributed by atoms with van der Waals surface area (Å²) in [6.45, 7) is -0.0156. The molecule has 96 valence electrons. The van der Waals surface area contributed by atoms with E-state index >= 15 is 0 Å². The standard InChI is InChI=1S/C12H12FNO4/c1-18-8-2-3-9(13)10(5-8)14-6-7(12(16)17)4-11(14)15/h2-3,5,7H,4,6H2,1H3,(H,16,17). The Hall–Kier alpha value is -2.11. The van der Waals surface area contributed by atoms with Crippen molar-refractivity contribution in [3.8, 4) is 5.75 Å². The van der Waals surface area contributed by atoms with Gasteiger partial charge in [-0.3, -0.25) is 9.59 Å². The number of methoxy groups -OCH3 is 1. The first-order valence-corrected chi connectivity index (χ1v) is 5.39. The smallest absolute Gasteiger partial charge is 0.308 e. The molecule has 1 N–H and O–H groups in total. The van der Waals surface area contributed by atoms with Crippen molar-refractivity contribution >= 4 is 17.6 Å². The molecular weight excluding hydrogens is 241 g/mol. The summed E-state index contributed by atoms with van der Waals surface area (Å²) in [7, 11) is 1.43. The number of carboxylic acids is 1. The van der Waals surface area contributed by atoms with Gasteiger partial charge in [0.1, 0.15) is 11.6 Å². The zero-order valence-electron chi connectivity index (χ0n) is 9.72. The van der Waals surface area contributed by atoms with Crippen LogP contribution in [0.4, 0.5) is 10.1 Å². The number of hydrogen-bond donors (Lipinski definition) is 1. The quantitative estimate of drug-likeness (QED) is 0.881. The highest BCUT2D eigenvalue weighted by molar-refractivity contribution is 5.99. The van der Waals surface area contributed by atoms with E-state index in [1.54, 1.807) is 0 Å². The van der Waals surface area contributed by atoms with E-state index in [2.05, 4.69) is 0 Å². The monoisotopic (exact) mass is 253 g/mol. The number of hydrogen-bond acceptors (Lipinski definition) is 3. The second-order valence-electron chi connectivity index (χ2n) is 4.06. The van der Waals surface area contributed by atoms with Crippen molar-refractivity contribution in [1.29, 1.82) is 0 Å². The lowest BCUT2D eigenvalue weighted by atomic mass is 10.1. The third-order valence-electron chi connectivity index (χ3n) is 2.92. The van der Waals surface area contributed by atoms with Gasteiger partial charge in [0.2, 0.25) is 5.91 Å². The van der Waals surface area contributed by atoms with Gasteiger partial charge in [-0.05, 0) is 12.1 Å². The van der Waals surface area contributed by atoms with E-state index in [-0.39, 0.29) is 18.7 Å². The molecule has 1 heterocycles. The van der Waals surface area contributed by atoms with Gasteiger partial charge in [-0.2, -0.15) is 0 Å². The molecule has 1 aromatic rings. The van der Waals surface area contributed by atoms with Crippen LogP contribution in [0.2, 0.25) is 0 Å². The summed E-state index contributed by atoms with van der Waals surface area (Å²) in [5.41, 5.74) is 0.0584. The summed E-state index contributed by atoms with van der Waals surface area (Å²) in [6, 6.07) is 4.01. The predicted molar refractivity (Wildman–Crippen MR) is 61.0 cm³/mol. The van der Waals surface area contributed by atoms with E-state index in [0.717, 1.165) is 4.90 Å². The van der Waals surface area contributed by atoms with Gasteiger partial charge in [-0.25, -0.2) is 4.39 Å². The molecule has 0 aromatic heterocycles. The molecule has 0 spiro atoms. The Morgan fingerprint density at radius 2 is 2.28 bits per heavy atom. The Kier molecular flexibility index (Phi) is 3.18. The molecule has 1 atom stereocenters. The van der Waals surface area contributed by atoms with E-state index < -0.39 is 23.6 Å². The second-order valence-corrected chi connectivity index (χ2v) is 4.06. The fraction of sp³-hybridized carbons (Fsp3) is 0.333. The molecule has 2 rings (SSSR count). The minimum atomic E-state index is -1.05. The van der Waals surface area contributed by atoms with Gasteiger partial charge in [0.25, 0.3) is 0 Å². The molecule has 1 amide bonds. The summed E-state index contributed by atoms with van der Waals surface area (Å²) in [4.78, 5) is 23.7. The number of anilines is 1. The average Bonchev–Trinajstić information content (AvgIpc) is 2.72. The first-order chi connectivity index (χ1) is 8.52. The topological polar surface area (TPSA) is 66.8 Å². The number of rotatable bonds is 3. The predicted octanol–water partition coefficient (Wildman–Crippen LogP) is 1.27. The van der Waals surface area contributed by atoms with Crippen molar-refractivity contribution in [3.63, 3.8) is 0 Å². The van der Waals surface area contributed by atoms with Crippen LogP contribution in [0, 0.1) is 11.7 Å². The van der Waals surface area contributed by atoms with Gasteiger partial charge in [-0.15, -0.1) is 0 Å².